The molecule has 0 aromatic heterocycles. The molecule has 0 aliphatic carbocycles. The van der Waals surface area contributed by atoms with Crippen LogP contribution in [0.3, 0.4) is 0 Å². The fourth-order valence-electron chi connectivity index (χ4n) is 3.73. The lowest BCUT2D eigenvalue weighted by atomic mass is 10.1. The summed E-state index contributed by atoms with van der Waals surface area (Å²) in [5, 5.41) is 4.93. The Hall–Kier alpha value is -3.52. The Morgan fingerprint density at radius 3 is 2.53 bits per heavy atom. The van der Waals surface area contributed by atoms with Gasteiger partial charge >= 0.3 is 12.0 Å². The van der Waals surface area contributed by atoms with Crippen molar-refractivity contribution in [2.45, 2.75) is 18.9 Å². The minimum Gasteiger partial charge on any atom is -0.270 e. The number of hydrogen-bond donors (Lipinski definition) is 1. The van der Waals surface area contributed by atoms with Crippen molar-refractivity contribution in [2.24, 2.45) is 10.1 Å². The lowest BCUT2D eigenvalue weighted by Gasteiger charge is -2.31. The smallest absolute Gasteiger partial charge is 0.270 e. The third-order valence-corrected chi connectivity index (χ3v) is 5.74. The number of amides is 3. The van der Waals surface area contributed by atoms with Gasteiger partial charge in [0.25, 0.3) is 5.91 Å². The van der Waals surface area contributed by atoms with Gasteiger partial charge in [0.1, 0.15) is 0 Å². The number of amidine groups is 1. The summed E-state index contributed by atoms with van der Waals surface area (Å²) >= 11 is 5.93. The molecule has 2 heterocycles. The average Bonchev–Trinajstić information content (AvgIpc) is 3.17. The van der Waals surface area contributed by atoms with Crippen molar-refractivity contribution in [3.8, 4) is 0 Å². The number of hydrogen-bond acceptors (Lipinski definition) is 5. The Balaban J connectivity index is 1.56. The van der Waals surface area contributed by atoms with E-state index in [1.807, 2.05) is 34.9 Å². The van der Waals surface area contributed by atoms with Gasteiger partial charge in [0, 0.05) is 19.1 Å². The van der Waals surface area contributed by atoms with Gasteiger partial charge in [-0.25, -0.2) is 9.37 Å². The molecule has 0 saturated carbocycles. The van der Waals surface area contributed by atoms with Crippen molar-refractivity contribution in [1.82, 2.24) is 15.2 Å². The van der Waals surface area contributed by atoms with Crippen LogP contribution in [0.15, 0.2) is 64.7 Å². The SMILES string of the molecule is CN1C(=O)C2C(=NC(N/N=C/c3ccc(Cl)cc3)=[N+]2CCCc2ccccc2)N(C)C1=O. The molecule has 1 unspecified atom stereocenters. The molecule has 1 N–H and O–H groups in total. The van der Waals surface area contributed by atoms with Gasteiger partial charge in [0.2, 0.25) is 11.9 Å². The molecular formula is C23H24ClN6O2+. The number of halogens is 1. The topological polar surface area (TPSA) is 80.4 Å². The van der Waals surface area contributed by atoms with Gasteiger partial charge in [-0.3, -0.25) is 14.6 Å². The molecule has 9 heteroatoms. The molecular weight excluding hydrogens is 428 g/mol. The first-order valence-corrected chi connectivity index (χ1v) is 10.7. The van der Waals surface area contributed by atoms with Gasteiger partial charge in [-0.2, -0.15) is 5.43 Å². The maximum absolute atomic E-state index is 12.9. The van der Waals surface area contributed by atoms with E-state index in [1.165, 1.54) is 17.5 Å². The van der Waals surface area contributed by atoms with E-state index in [0.717, 1.165) is 23.3 Å². The maximum atomic E-state index is 12.9. The summed E-state index contributed by atoms with van der Waals surface area (Å²) < 4.78 is 1.87. The van der Waals surface area contributed by atoms with E-state index in [2.05, 4.69) is 27.7 Å². The summed E-state index contributed by atoms with van der Waals surface area (Å²) in [5.41, 5.74) is 5.04. The fraction of sp³-hybridized carbons (Fsp3) is 0.261. The van der Waals surface area contributed by atoms with Crippen LogP contribution in [0, 0.1) is 0 Å². The number of imide groups is 1. The van der Waals surface area contributed by atoms with Crippen LogP contribution < -0.4 is 5.43 Å². The Morgan fingerprint density at radius 2 is 1.81 bits per heavy atom. The van der Waals surface area contributed by atoms with Gasteiger partial charge in [-0.1, -0.05) is 59.1 Å². The number of hydrazone groups is 1. The summed E-state index contributed by atoms with van der Waals surface area (Å²) in [5.74, 6) is 0.540. The van der Waals surface area contributed by atoms with E-state index in [1.54, 1.807) is 25.4 Å². The van der Waals surface area contributed by atoms with E-state index in [4.69, 9.17) is 11.6 Å². The fourth-order valence-corrected chi connectivity index (χ4v) is 3.86. The second-order valence-electron chi connectivity index (χ2n) is 7.64. The zero-order valence-electron chi connectivity index (χ0n) is 17.9. The van der Waals surface area contributed by atoms with Crippen molar-refractivity contribution in [2.75, 3.05) is 20.6 Å². The van der Waals surface area contributed by atoms with Gasteiger partial charge in [0.05, 0.1) is 12.8 Å². The second kappa shape index (κ2) is 9.32. The van der Waals surface area contributed by atoms with Crippen molar-refractivity contribution in [3.63, 3.8) is 0 Å². The highest BCUT2D eigenvalue weighted by atomic mass is 35.5. The molecule has 2 aliphatic heterocycles. The Kier molecular flexibility index (Phi) is 6.32. The Morgan fingerprint density at radius 1 is 1.09 bits per heavy atom. The van der Waals surface area contributed by atoms with Crippen molar-refractivity contribution >= 4 is 41.5 Å². The minimum atomic E-state index is -0.660. The number of carbonyl (C=O) groups excluding carboxylic acids is 2. The van der Waals surface area contributed by atoms with Gasteiger partial charge in [-0.15, -0.1) is 5.10 Å². The number of urea groups is 1. The summed E-state index contributed by atoms with van der Waals surface area (Å²) in [6.45, 7) is 0.576. The highest BCUT2D eigenvalue weighted by Gasteiger charge is 2.51. The molecule has 32 heavy (non-hydrogen) atoms. The van der Waals surface area contributed by atoms with Crippen LogP contribution >= 0.6 is 11.6 Å². The summed E-state index contributed by atoms with van der Waals surface area (Å²) in [4.78, 5) is 32.4. The van der Waals surface area contributed by atoms with Crippen LogP contribution in [-0.2, 0) is 11.2 Å². The largest absolute Gasteiger partial charge is 0.413 e. The van der Waals surface area contributed by atoms with Crippen LogP contribution in [-0.4, -0.2) is 71.0 Å². The molecule has 164 valence electrons. The average molecular weight is 452 g/mol. The first-order valence-electron chi connectivity index (χ1n) is 10.3. The highest BCUT2D eigenvalue weighted by molar-refractivity contribution is 6.30. The number of benzene rings is 2. The van der Waals surface area contributed by atoms with Gasteiger partial charge < -0.3 is 0 Å². The van der Waals surface area contributed by atoms with Crippen molar-refractivity contribution in [3.05, 3.63) is 70.7 Å². The van der Waals surface area contributed by atoms with Crippen molar-refractivity contribution in [1.29, 1.82) is 0 Å². The lowest BCUT2D eigenvalue weighted by molar-refractivity contribution is -0.537. The number of aliphatic imine (C=N–C) groups is 1. The zero-order valence-corrected chi connectivity index (χ0v) is 18.7. The minimum absolute atomic E-state index is 0.301. The molecule has 0 radical (unpaired) electrons. The van der Waals surface area contributed by atoms with Crippen LogP contribution in [0.5, 0.6) is 0 Å². The molecule has 2 aromatic rings. The summed E-state index contributed by atoms with van der Waals surface area (Å²) in [7, 11) is 3.11. The summed E-state index contributed by atoms with van der Waals surface area (Å²) in [6, 6.07) is 16.4. The van der Waals surface area contributed by atoms with E-state index in [-0.39, 0.29) is 5.91 Å². The number of nitrogens with zero attached hydrogens (tertiary/aromatic N) is 5. The van der Waals surface area contributed by atoms with E-state index in [0.29, 0.717) is 23.4 Å². The first kappa shape index (κ1) is 21.7. The van der Waals surface area contributed by atoms with E-state index in [9.17, 15) is 9.59 Å². The molecule has 4 rings (SSSR count). The molecule has 1 fully saturated rings. The number of rotatable bonds is 6. The molecule has 1 atom stereocenters. The van der Waals surface area contributed by atoms with Crippen LogP contribution in [0.1, 0.15) is 17.5 Å². The van der Waals surface area contributed by atoms with Gasteiger partial charge in [-0.05, 0) is 36.1 Å². The molecule has 3 amide bonds. The number of aryl methyl sites for hydroxylation is 1. The molecule has 1 saturated heterocycles. The van der Waals surface area contributed by atoms with Crippen LogP contribution in [0.4, 0.5) is 4.79 Å². The Labute approximate surface area is 191 Å². The number of likely N-dealkylation sites (N-methyl/N-ethyl adjacent to an activating group) is 2. The quantitative estimate of drug-likeness (QED) is 0.416. The van der Waals surface area contributed by atoms with Gasteiger partial charge in [0.15, 0.2) is 0 Å². The summed E-state index contributed by atoms with van der Waals surface area (Å²) in [6.07, 6.45) is 3.32. The molecule has 2 aliphatic rings. The third kappa shape index (κ3) is 4.40. The zero-order chi connectivity index (χ0) is 22.7. The first-order chi connectivity index (χ1) is 15.5. The normalized spacial score (nSPS) is 18.5. The molecule has 0 bridgehead atoms. The lowest BCUT2D eigenvalue weighted by Crippen LogP contribution is -2.61. The van der Waals surface area contributed by atoms with Crippen LogP contribution in [0.2, 0.25) is 5.02 Å². The molecule has 0 spiro atoms. The van der Waals surface area contributed by atoms with E-state index < -0.39 is 12.1 Å². The predicted molar refractivity (Wildman–Crippen MR) is 124 cm³/mol. The molecule has 2 aromatic carbocycles. The predicted octanol–water partition coefficient (Wildman–Crippen LogP) is 2.57. The van der Waals surface area contributed by atoms with Crippen LogP contribution in [0.25, 0.3) is 0 Å². The third-order valence-electron chi connectivity index (χ3n) is 5.49. The monoisotopic (exact) mass is 451 g/mol. The molecule has 8 nitrogen and oxygen atoms in total. The number of guanidine groups is 1. The standard InChI is InChI=1S/C23H23ClN6O2/c1-28-20-19(21(31)29(2)23(28)32)30(14-6-9-16-7-4-3-5-8-16)22(26-20)27-25-15-17-10-12-18(24)13-11-17/h3-5,7-8,10-13,15,19H,6,9,14H2,1-2H3/p+1/b25-15+. The number of carbonyl (C=O) groups is 2. The Bertz CT molecular complexity index is 1110. The highest BCUT2D eigenvalue weighted by Crippen LogP contribution is 2.19. The van der Waals surface area contributed by atoms with Crippen molar-refractivity contribution < 1.29 is 14.2 Å². The maximum Gasteiger partial charge on any atom is 0.413 e. The number of fused-ring (bicyclic) bond motifs is 1. The number of nitrogens with one attached hydrogen (secondary N) is 1. The second-order valence-corrected chi connectivity index (χ2v) is 8.08. The van der Waals surface area contributed by atoms with E-state index >= 15 is 0 Å².